The molecule has 0 aliphatic rings. The summed E-state index contributed by atoms with van der Waals surface area (Å²) in [6.45, 7) is 2.23. The molecule has 2 aromatic rings. The Balaban J connectivity index is 2.05. The van der Waals surface area contributed by atoms with Crippen molar-refractivity contribution >= 4 is 11.9 Å². The third-order valence-electron chi connectivity index (χ3n) is 2.10. The van der Waals surface area contributed by atoms with Gasteiger partial charge in [0, 0.05) is 6.20 Å². The van der Waals surface area contributed by atoms with Crippen LogP contribution in [0.4, 0.5) is 5.95 Å². The van der Waals surface area contributed by atoms with Gasteiger partial charge in [-0.3, -0.25) is 10.1 Å². The van der Waals surface area contributed by atoms with Gasteiger partial charge in [0.1, 0.15) is 11.8 Å². The second-order valence-electron chi connectivity index (χ2n) is 3.40. The first kappa shape index (κ1) is 12.5. The minimum atomic E-state index is -0.455. The number of carbonyl (C=O) groups is 1. The van der Waals surface area contributed by atoms with E-state index in [4.69, 9.17) is 10.00 Å². The van der Waals surface area contributed by atoms with Crippen molar-refractivity contribution in [3.05, 3.63) is 29.6 Å². The Bertz CT molecular complexity index is 613. The summed E-state index contributed by atoms with van der Waals surface area (Å²) < 4.78 is 5.05. The first-order valence-corrected chi connectivity index (χ1v) is 5.45. The van der Waals surface area contributed by atoms with Crippen molar-refractivity contribution in [1.29, 1.82) is 5.26 Å². The molecule has 0 aliphatic heterocycles. The van der Waals surface area contributed by atoms with Gasteiger partial charge in [-0.2, -0.15) is 10.2 Å². The molecule has 2 N–H and O–H groups in total. The lowest BCUT2D eigenvalue weighted by atomic mass is 10.2. The fraction of sp³-hybridized carbons (Fsp3) is 0.182. The molecule has 96 valence electrons. The molecule has 0 saturated carbocycles. The predicted molar refractivity (Wildman–Crippen MR) is 64.5 cm³/mol. The first-order valence-electron chi connectivity index (χ1n) is 5.45. The number of carbonyl (C=O) groups excluding carboxylic acids is 1. The summed E-state index contributed by atoms with van der Waals surface area (Å²) in [6, 6.07) is 5.04. The fourth-order valence-corrected chi connectivity index (χ4v) is 1.26. The lowest BCUT2D eigenvalue weighted by Crippen LogP contribution is -2.14. The number of hydrogen-bond acceptors (Lipinski definition) is 6. The highest BCUT2D eigenvalue weighted by atomic mass is 16.5. The van der Waals surface area contributed by atoms with Crippen LogP contribution in [0.25, 0.3) is 0 Å². The third-order valence-corrected chi connectivity index (χ3v) is 2.10. The molecule has 0 bridgehead atoms. The Morgan fingerprint density at radius 2 is 2.42 bits per heavy atom. The van der Waals surface area contributed by atoms with Crippen LogP contribution in [0.5, 0.6) is 6.01 Å². The Labute approximate surface area is 108 Å². The number of nitriles is 1. The second-order valence-corrected chi connectivity index (χ2v) is 3.40. The normalized spacial score (nSPS) is 9.68. The van der Waals surface area contributed by atoms with Crippen LogP contribution in [-0.2, 0) is 0 Å². The van der Waals surface area contributed by atoms with Crippen LogP contribution in [0.15, 0.2) is 18.3 Å². The lowest BCUT2D eigenvalue weighted by Gasteiger charge is -2.00. The van der Waals surface area contributed by atoms with Gasteiger partial charge in [0.05, 0.1) is 12.2 Å². The molecule has 0 atom stereocenters. The molecular formula is C11H10N6O2. The van der Waals surface area contributed by atoms with Gasteiger partial charge in [-0.05, 0) is 19.1 Å². The maximum atomic E-state index is 11.8. The number of amides is 1. The SMILES string of the molecule is CCOc1n[nH]c(NC(=O)c2ccc(C#N)cn2)n1. The summed E-state index contributed by atoms with van der Waals surface area (Å²) in [6.07, 6.45) is 1.32. The van der Waals surface area contributed by atoms with Crippen LogP contribution in [0, 0.1) is 11.3 Å². The molecule has 0 spiro atoms. The van der Waals surface area contributed by atoms with Gasteiger partial charge in [0.2, 0.25) is 5.95 Å². The topological polar surface area (TPSA) is 117 Å². The van der Waals surface area contributed by atoms with Crippen LogP contribution in [0.3, 0.4) is 0 Å². The third kappa shape index (κ3) is 3.04. The summed E-state index contributed by atoms with van der Waals surface area (Å²) >= 11 is 0. The van der Waals surface area contributed by atoms with Gasteiger partial charge in [-0.15, -0.1) is 5.10 Å². The van der Waals surface area contributed by atoms with Crippen LogP contribution in [0.1, 0.15) is 23.0 Å². The highest BCUT2D eigenvalue weighted by molar-refractivity contribution is 6.01. The Hall–Kier alpha value is -2.95. The van der Waals surface area contributed by atoms with E-state index in [1.807, 2.05) is 6.07 Å². The maximum Gasteiger partial charge on any atom is 0.337 e. The molecule has 0 fully saturated rings. The van der Waals surface area contributed by atoms with Crippen molar-refractivity contribution < 1.29 is 9.53 Å². The smallest absolute Gasteiger partial charge is 0.337 e. The molecule has 19 heavy (non-hydrogen) atoms. The van der Waals surface area contributed by atoms with E-state index in [1.54, 1.807) is 6.92 Å². The summed E-state index contributed by atoms with van der Waals surface area (Å²) in [5.41, 5.74) is 0.559. The van der Waals surface area contributed by atoms with Crippen LogP contribution < -0.4 is 10.1 Å². The van der Waals surface area contributed by atoms with E-state index in [-0.39, 0.29) is 17.7 Å². The molecule has 2 aromatic heterocycles. The van der Waals surface area contributed by atoms with E-state index in [0.717, 1.165) is 0 Å². The van der Waals surface area contributed by atoms with Crippen molar-refractivity contribution in [3.8, 4) is 12.1 Å². The van der Waals surface area contributed by atoms with Crippen molar-refractivity contribution in [1.82, 2.24) is 20.2 Å². The molecule has 2 rings (SSSR count). The number of hydrogen-bond donors (Lipinski definition) is 2. The number of H-pyrrole nitrogens is 1. The molecule has 0 radical (unpaired) electrons. The number of nitrogens with zero attached hydrogens (tertiary/aromatic N) is 4. The highest BCUT2D eigenvalue weighted by Gasteiger charge is 2.11. The van der Waals surface area contributed by atoms with Gasteiger partial charge in [0.25, 0.3) is 5.91 Å². The van der Waals surface area contributed by atoms with Gasteiger partial charge in [0.15, 0.2) is 0 Å². The molecule has 0 saturated heterocycles. The van der Waals surface area contributed by atoms with Gasteiger partial charge >= 0.3 is 6.01 Å². The average Bonchev–Trinajstić information content (AvgIpc) is 2.86. The molecule has 0 aromatic carbocycles. The number of aromatic nitrogens is 4. The van der Waals surface area contributed by atoms with E-state index in [9.17, 15) is 4.79 Å². The minimum Gasteiger partial charge on any atom is -0.463 e. The van der Waals surface area contributed by atoms with E-state index in [2.05, 4.69) is 25.5 Å². The molecule has 0 aliphatic carbocycles. The number of aromatic amines is 1. The van der Waals surface area contributed by atoms with Crippen molar-refractivity contribution in [2.75, 3.05) is 11.9 Å². The van der Waals surface area contributed by atoms with E-state index < -0.39 is 5.91 Å². The van der Waals surface area contributed by atoms with Crippen molar-refractivity contribution in [2.45, 2.75) is 6.92 Å². The zero-order chi connectivity index (χ0) is 13.7. The monoisotopic (exact) mass is 258 g/mol. The second kappa shape index (κ2) is 5.59. The van der Waals surface area contributed by atoms with E-state index in [1.165, 1.54) is 18.3 Å². The summed E-state index contributed by atoms with van der Waals surface area (Å²) in [5.74, 6) is -0.289. The van der Waals surface area contributed by atoms with Crippen molar-refractivity contribution in [3.63, 3.8) is 0 Å². The van der Waals surface area contributed by atoms with Crippen molar-refractivity contribution in [2.24, 2.45) is 0 Å². The lowest BCUT2D eigenvalue weighted by molar-refractivity contribution is 0.102. The Kier molecular flexibility index (Phi) is 3.68. The number of anilines is 1. The standard InChI is InChI=1S/C11H10N6O2/c1-2-19-11-15-10(16-17-11)14-9(18)8-4-3-7(5-12)6-13-8/h3-4,6H,2H2,1H3,(H2,14,15,16,17,18). The maximum absolute atomic E-state index is 11.8. The number of rotatable bonds is 4. The predicted octanol–water partition coefficient (Wildman–Crippen LogP) is 0.722. The van der Waals surface area contributed by atoms with Gasteiger partial charge < -0.3 is 4.74 Å². The van der Waals surface area contributed by atoms with E-state index >= 15 is 0 Å². The van der Waals surface area contributed by atoms with Crippen LogP contribution in [0.2, 0.25) is 0 Å². The van der Waals surface area contributed by atoms with Crippen LogP contribution in [-0.4, -0.2) is 32.7 Å². The van der Waals surface area contributed by atoms with Gasteiger partial charge in [-0.25, -0.2) is 10.1 Å². The van der Waals surface area contributed by atoms with Gasteiger partial charge in [-0.1, -0.05) is 0 Å². The Morgan fingerprint density at radius 1 is 1.58 bits per heavy atom. The number of nitrogens with one attached hydrogen (secondary N) is 2. The summed E-state index contributed by atoms with van der Waals surface area (Å²) in [7, 11) is 0. The summed E-state index contributed by atoms with van der Waals surface area (Å²) in [5, 5.41) is 17.4. The summed E-state index contributed by atoms with van der Waals surface area (Å²) in [4.78, 5) is 19.6. The molecule has 8 heteroatoms. The first-order chi connectivity index (χ1) is 9.22. The average molecular weight is 258 g/mol. The Morgan fingerprint density at radius 3 is 3.05 bits per heavy atom. The van der Waals surface area contributed by atoms with Crippen LogP contribution >= 0.6 is 0 Å². The number of pyridine rings is 1. The highest BCUT2D eigenvalue weighted by Crippen LogP contribution is 2.07. The molecule has 1 amide bonds. The number of ether oxygens (including phenoxy) is 1. The largest absolute Gasteiger partial charge is 0.463 e. The molecule has 2 heterocycles. The minimum absolute atomic E-state index is 0.158. The molecule has 8 nitrogen and oxygen atoms in total. The molecule has 0 unspecified atom stereocenters. The molecular weight excluding hydrogens is 248 g/mol. The zero-order valence-corrected chi connectivity index (χ0v) is 10.0. The fourth-order valence-electron chi connectivity index (χ4n) is 1.26. The zero-order valence-electron chi connectivity index (χ0n) is 10.0. The quantitative estimate of drug-likeness (QED) is 0.834. The van der Waals surface area contributed by atoms with E-state index in [0.29, 0.717) is 12.2 Å².